The number of likely N-dealkylation sites (N-methyl/N-ethyl adjacent to an activating group) is 1. The summed E-state index contributed by atoms with van der Waals surface area (Å²) in [5, 5.41) is 2.96. The van der Waals surface area contributed by atoms with Crippen molar-refractivity contribution < 1.29 is 4.39 Å². The third-order valence-corrected chi connectivity index (χ3v) is 2.85. The van der Waals surface area contributed by atoms with Crippen molar-refractivity contribution in [3.05, 3.63) is 12.3 Å². The third kappa shape index (κ3) is 2.21. The van der Waals surface area contributed by atoms with E-state index in [2.05, 4.69) is 15.3 Å². The maximum absolute atomic E-state index is 13.5. The molecule has 3 N–H and O–H groups in total. The quantitative estimate of drug-likeness (QED) is 0.752. The molecule has 1 aliphatic heterocycles. The van der Waals surface area contributed by atoms with Crippen molar-refractivity contribution in [3.63, 3.8) is 0 Å². The molecule has 1 fully saturated rings. The SMILES string of the molecule is CN[C@H]1CN(c2nccc(N)n2)CC[C@H]1F. The number of nitrogens with two attached hydrogens (primary N) is 1. The number of rotatable bonds is 2. The number of halogens is 1. The molecule has 0 saturated carbocycles. The van der Waals surface area contributed by atoms with Crippen molar-refractivity contribution in [2.75, 3.05) is 30.8 Å². The van der Waals surface area contributed by atoms with Crippen molar-refractivity contribution in [2.24, 2.45) is 0 Å². The summed E-state index contributed by atoms with van der Waals surface area (Å²) < 4.78 is 13.5. The maximum Gasteiger partial charge on any atom is 0.227 e. The third-order valence-electron chi connectivity index (χ3n) is 2.85. The smallest absolute Gasteiger partial charge is 0.227 e. The van der Waals surface area contributed by atoms with Crippen molar-refractivity contribution in [2.45, 2.75) is 18.6 Å². The molecule has 0 radical (unpaired) electrons. The van der Waals surface area contributed by atoms with Gasteiger partial charge in [-0.25, -0.2) is 9.37 Å². The monoisotopic (exact) mass is 225 g/mol. The molecule has 6 heteroatoms. The van der Waals surface area contributed by atoms with Crippen LogP contribution in [0.5, 0.6) is 0 Å². The van der Waals surface area contributed by atoms with E-state index < -0.39 is 6.17 Å². The van der Waals surface area contributed by atoms with Gasteiger partial charge in [0, 0.05) is 19.3 Å². The molecular weight excluding hydrogens is 209 g/mol. The van der Waals surface area contributed by atoms with Gasteiger partial charge in [0.1, 0.15) is 12.0 Å². The van der Waals surface area contributed by atoms with Crippen LogP contribution in [0, 0.1) is 0 Å². The Balaban J connectivity index is 2.11. The van der Waals surface area contributed by atoms with Crippen LogP contribution in [-0.2, 0) is 0 Å². The van der Waals surface area contributed by atoms with Gasteiger partial charge in [-0.3, -0.25) is 0 Å². The number of hydrogen-bond donors (Lipinski definition) is 2. The van der Waals surface area contributed by atoms with E-state index in [1.807, 2.05) is 4.90 Å². The van der Waals surface area contributed by atoms with Crippen LogP contribution in [-0.4, -0.2) is 42.3 Å². The lowest BCUT2D eigenvalue weighted by Crippen LogP contribution is -2.51. The van der Waals surface area contributed by atoms with Crippen LogP contribution in [0.3, 0.4) is 0 Å². The lowest BCUT2D eigenvalue weighted by Gasteiger charge is -2.34. The Kier molecular flexibility index (Phi) is 3.19. The summed E-state index contributed by atoms with van der Waals surface area (Å²) in [4.78, 5) is 10.2. The van der Waals surface area contributed by atoms with Gasteiger partial charge in [0.15, 0.2) is 0 Å². The van der Waals surface area contributed by atoms with E-state index in [-0.39, 0.29) is 6.04 Å². The van der Waals surface area contributed by atoms with E-state index in [4.69, 9.17) is 5.73 Å². The first-order valence-corrected chi connectivity index (χ1v) is 5.35. The second kappa shape index (κ2) is 4.61. The highest BCUT2D eigenvalue weighted by molar-refractivity contribution is 5.38. The highest BCUT2D eigenvalue weighted by Crippen LogP contribution is 2.18. The first-order chi connectivity index (χ1) is 7.70. The molecule has 1 aromatic heterocycles. The van der Waals surface area contributed by atoms with Crippen LogP contribution in [0.2, 0.25) is 0 Å². The first kappa shape index (κ1) is 11.1. The molecule has 1 saturated heterocycles. The van der Waals surface area contributed by atoms with Crippen LogP contribution in [0.15, 0.2) is 12.3 Å². The molecule has 0 spiro atoms. The maximum atomic E-state index is 13.5. The largest absolute Gasteiger partial charge is 0.384 e. The molecule has 1 aromatic rings. The van der Waals surface area contributed by atoms with E-state index in [0.717, 1.165) is 0 Å². The number of aromatic nitrogens is 2. The molecule has 2 rings (SSSR count). The Labute approximate surface area is 93.9 Å². The highest BCUT2D eigenvalue weighted by atomic mass is 19.1. The van der Waals surface area contributed by atoms with Gasteiger partial charge in [0.25, 0.3) is 0 Å². The second-order valence-electron chi connectivity index (χ2n) is 3.93. The summed E-state index contributed by atoms with van der Waals surface area (Å²) in [6.45, 7) is 1.20. The average Bonchev–Trinajstić information content (AvgIpc) is 2.29. The van der Waals surface area contributed by atoms with Gasteiger partial charge >= 0.3 is 0 Å². The summed E-state index contributed by atoms with van der Waals surface area (Å²) in [5.41, 5.74) is 5.59. The van der Waals surface area contributed by atoms with Gasteiger partial charge in [-0.2, -0.15) is 4.98 Å². The van der Waals surface area contributed by atoms with Gasteiger partial charge in [0.2, 0.25) is 5.95 Å². The summed E-state index contributed by atoms with van der Waals surface area (Å²) in [7, 11) is 1.76. The molecule has 0 bridgehead atoms. The lowest BCUT2D eigenvalue weighted by molar-refractivity contribution is 0.222. The molecular formula is C10H16FN5. The summed E-state index contributed by atoms with van der Waals surface area (Å²) in [6, 6.07) is 1.47. The normalized spacial score (nSPS) is 25.8. The molecule has 88 valence electrons. The molecule has 0 aromatic carbocycles. The Morgan fingerprint density at radius 2 is 2.44 bits per heavy atom. The zero-order valence-corrected chi connectivity index (χ0v) is 9.23. The Bertz CT molecular complexity index is 359. The minimum Gasteiger partial charge on any atom is -0.384 e. The van der Waals surface area contributed by atoms with E-state index in [0.29, 0.717) is 31.3 Å². The van der Waals surface area contributed by atoms with Gasteiger partial charge in [0.05, 0.1) is 6.04 Å². The van der Waals surface area contributed by atoms with Crippen molar-refractivity contribution >= 4 is 11.8 Å². The predicted molar refractivity (Wildman–Crippen MR) is 61.0 cm³/mol. The van der Waals surface area contributed by atoms with Crippen LogP contribution >= 0.6 is 0 Å². The number of anilines is 2. The predicted octanol–water partition coefficient (Wildman–Crippen LogP) is 0.195. The Hall–Kier alpha value is -1.43. The van der Waals surface area contributed by atoms with Crippen LogP contribution in [0.25, 0.3) is 0 Å². The number of hydrogen-bond acceptors (Lipinski definition) is 5. The van der Waals surface area contributed by atoms with Gasteiger partial charge in [-0.1, -0.05) is 0 Å². The van der Waals surface area contributed by atoms with Crippen LogP contribution in [0.4, 0.5) is 16.2 Å². The minimum atomic E-state index is -0.803. The van der Waals surface area contributed by atoms with Gasteiger partial charge in [-0.05, 0) is 19.5 Å². The van der Waals surface area contributed by atoms with E-state index >= 15 is 0 Å². The van der Waals surface area contributed by atoms with Crippen molar-refractivity contribution in [3.8, 4) is 0 Å². The molecule has 0 aliphatic carbocycles. The van der Waals surface area contributed by atoms with Gasteiger partial charge < -0.3 is 16.0 Å². The standard InChI is InChI=1S/C10H16FN5/c1-13-8-6-16(5-3-7(8)11)10-14-4-2-9(12)15-10/h2,4,7-8,13H,3,5-6H2,1H3,(H2,12,14,15)/t7-,8+/m1/s1. The highest BCUT2D eigenvalue weighted by Gasteiger charge is 2.29. The molecule has 2 atom stereocenters. The van der Waals surface area contributed by atoms with Crippen LogP contribution in [0.1, 0.15) is 6.42 Å². The Morgan fingerprint density at radius 3 is 3.12 bits per heavy atom. The van der Waals surface area contributed by atoms with E-state index in [1.54, 1.807) is 19.3 Å². The topological polar surface area (TPSA) is 67.1 Å². The first-order valence-electron chi connectivity index (χ1n) is 5.35. The summed E-state index contributed by atoms with van der Waals surface area (Å²) in [5.74, 6) is 1.01. The van der Waals surface area contributed by atoms with E-state index in [9.17, 15) is 4.39 Å². The molecule has 0 amide bonds. The summed E-state index contributed by atoms with van der Waals surface area (Å²) >= 11 is 0. The Morgan fingerprint density at radius 1 is 1.62 bits per heavy atom. The van der Waals surface area contributed by atoms with Gasteiger partial charge in [-0.15, -0.1) is 0 Å². The molecule has 5 nitrogen and oxygen atoms in total. The molecule has 0 unspecified atom stereocenters. The van der Waals surface area contributed by atoms with Crippen LogP contribution < -0.4 is 16.0 Å². The second-order valence-corrected chi connectivity index (χ2v) is 3.93. The van der Waals surface area contributed by atoms with Crippen molar-refractivity contribution in [1.82, 2.24) is 15.3 Å². The van der Waals surface area contributed by atoms with Crippen molar-refractivity contribution in [1.29, 1.82) is 0 Å². The molecule has 16 heavy (non-hydrogen) atoms. The zero-order valence-electron chi connectivity index (χ0n) is 9.23. The fourth-order valence-corrected chi connectivity index (χ4v) is 1.89. The minimum absolute atomic E-state index is 0.168. The number of nitrogen functional groups attached to an aromatic ring is 1. The molecule has 2 heterocycles. The number of nitrogens with zero attached hydrogens (tertiary/aromatic N) is 3. The fourth-order valence-electron chi connectivity index (χ4n) is 1.89. The zero-order chi connectivity index (χ0) is 11.5. The average molecular weight is 225 g/mol. The number of nitrogens with one attached hydrogen (secondary N) is 1. The number of alkyl halides is 1. The lowest BCUT2D eigenvalue weighted by atomic mass is 10.0. The summed E-state index contributed by atoms with van der Waals surface area (Å²) in [6.07, 6.45) is 1.30. The van der Waals surface area contributed by atoms with E-state index in [1.165, 1.54) is 0 Å². The molecule has 1 aliphatic rings. The fraction of sp³-hybridized carbons (Fsp3) is 0.600. The number of piperidine rings is 1.